The number of amidine groups is 1. The van der Waals surface area contributed by atoms with Crippen LogP contribution in [0.2, 0.25) is 0 Å². The molecule has 0 spiro atoms. The Balaban J connectivity index is 1.85. The van der Waals surface area contributed by atoms with Gasteiger partial charge in [0, 0.05) is 13.1 Å². The summed E-state index contributed by atoms with van der Waals surface area (Å²) in [7, 11) is -3.66. The van der Waals surface area contributed by atoms with E-state index in [0.717, 1.165) is 50.4 Å². The molecule has 2 aliphatic rings. The third-order valence-electron chi connectivity index (χ3n) is 5.08. The first kappa shape index (κ1) is 18.4. The smallest absolute Gasteiger partial charge is 0.283 e. The summed E-state index contributed by atoms with van der Waals surface area (Å²) in [5.41, 5.74) is 1.05. The van der Waals surface area contributed by atoms with Crippen LogP contribution < -0.4 is 0 Å². The Morgan fingerprint density at radius 3 is 2.08 bits per heavy atom. The number of piperidine rings is 2. The zero-order chi connectivity index (χ0) is 17.7. The van der Waals surface area contributed by atoms with Gasteiger partial charge in [-0.25, -0.2) is 0 Å². The molecule has 1 aromatic carbocycles. The van der Waals surface area contributed by atoms with Gasteiger partial charge >= 0.3 is 0 Å². The topological polar surface area (TPSA) is 53.0 Å². The number of hydrogen-bond acceptors (Lipinski definition) is 3. The van der Waals surface area contributed by atoms with E-state index in [1.54, 1.807) is 12.1 Å². The summed E-state index contributed by atoms with van der Waals surface area (Å²) in [5, 5.41) is 0. The number of rotatable bonds is 4. The Bertz CT molecular complexity index is 686. The highest BCUT2D eigenvalue weighted by molar-refractivity contribution is 7.90. The average molecular weight is 364 g/mol. The van der Waals surface area contributed by atoms with Gasteiger partial charge in [0.05, 0.1) is 11.4 Å². The van der Waals surface area contributed by atoms with Crippen LogP contribution in [0.5, 0.6) is 0 Å². The van der Waals surface area contributed by atoms with Gasteiger partial charge in [-0.3, -0.25) is 4.90 Å². The summed E-state index contributed by atoms with van der Waals surface area (Å²) >= 11 is 0. The number of hydrogen-bond donors (Lipinski definition) is 0. The number of nitrogens with zero attached hydrogens (tertiary/aromatic N) is 3. The van der Waals surface area contributed by atoms with Crippen molar-refractivity contribution in [3.05, 3.63) is 29.8 Å². The molecular formula is C19H29N3O2S. The molecule has 25 heavy (non-hydrogen) atoms. The minimum Gasteiger partial charge on any atom is -0.358 e. The van der Waals surface area contributed by atoms with E-state index >= 15 is 0 Å². The fourth-order valence-electron chi connectivity index (χ4n) is 3.56. The summed E-state index contributed by atoms with van der Waals surface area (Å²) < 4.78 is 29.9. The third kappa shape index (κ3) is 5.05. The van der Waals surface area contributed by atoms with Crippen molar-refractivity contribution in [2.45, 2.75) is 50.3 Å². The molecule has 138 valence electrons. The molecule has 6 heteroatoms. The zero-order valence-electron chi connectivity index (χ0n) is 15.2. The van der Waals surface area contributed by atoms with Crippen molar-refractivity contribution in [1.29, 1.82) is 0 Å². The Hall–Kier alpha value is -1.40. The van der Waals surface area contributed by atoms with Gasteiger partial charge in [0.15, 0.2) is 0 Å². The Morgan fingerprint density at radius 1 is 0.920 bits per heavy atom. The van der Waals surface area contributed by atoms with Crippen LogP contribution in [-0.4, -0.2) is 56.8 Å². The van der Waals surface area contributed by atoms with Crippen LogP contribution in [0.25, 0.3) is 0 Å². The average Bonchev–Trinajstić information content (AvgIpc) is 2.63. The van der Waals surface area contributed by atoms with E-state index in [1.807, 2.05) is 19.1 Å². The van der Waals surface area contributed by atoms with Crippen molar-refractivity contribution >= 4 is 15.9 Å². The molecule has 3 rings (SSSR count). The zero-order valence-corrected chi connectivity index (χ0v) is 16.0. The fourth-order valence-corrected chi connectivity index (χ4v) is 4.59. The standard InChI is InChI=1S/C19H29N3O2S/c1-17-8-10-18(11-9-17)25(23,24)20-19(22-14-6-3-7-15-22)16-21-12-4-2-5-13-21/h8-11H,2-7,12-16H2,1H3/b20-19+. The molecule has 2 aliphatic heterocycles. The fraction of sp³-hybridized carbons (Fsp3) is 0.632. The molecule has 1 aromatic rings. The van der Waals surface area contributed by atoms with Crippen LogP contribution >= 0.6 is 0 Å². The molecule has 0 unspecified atom stereocenters. The summed E-state index contributed by atoms with van der Waals surface area (Å²) in [6.45, 7) is 6.50. The predicted octanol–water partition coefficient (Wildman–Crippen LogP) is 3.05. The lowest BCUT2D eigenvalue weighted by atomic mass is 10.1. The van der Waals surface area contributed by atoms with Gasteiger partial charge in [0.25, 0.3) is 10.0 Å². The third-order valence-corrected chi connectivity index (χ3v) is 6.40. The maximum absolute atomic E-state index is 12.8. The second-order valence-corrected chi connectivity index (χ2v) is 8.78. The Kier molecular flexibility index (Phi) is 6.12. The SMILES string of the molecule is Cc1ccc(S(=O)(=O)/N=C(\CN2CCCCC2)N2CCCCC2)cc1. The van der Waals surface area contributed by atoms with Gasteiger partial charge in [-0.05, 0) is 64.3 Å². The number of aryl methyl sites for hydroxylation is 1. The van der Waals surface area contributed by atoms with Crippen LogP contribution in [0, 0.1) is 6.92 Å². The minimum atomic E-state index is -3.66. The molecule has 0 radical (unpaired) electrons. The van der Waals surface area contributed by atoms with Crippen molar-refractivity contribution in [1.82, 2.24) is 9.80 Å². The second kappa shape index (κ2) is 8.32. The molecular weight excluding hydrogens is 334 g/mol. The van der Waals surface area contributed by atoms with E-state index in [9.17, 15) is 8.42 Å². The molecule has 0 amide bonds. The molecule has 2 fully saturated rings. The van der Waals surface area contributed by atoms with Crippen molar-refractivity contribution in [3.8, 4) is 0 Å². The van der Waals surface area contributed by atoms with Gasteiger partial charge in [-0.1, -0.05) is 24.1 Å². The minimum absolute atomic E-state index is 0.284. The van der Waals surface area contributed by atoms with E-state index < -0.39 is 10.0 Å². The molecule has 0 aliphatic carbocycles. The van der Waals surface area contributed by atoms with Gasteiger partial charge in [0.2, 0.25) is 0 Å². The summed E-state index contributed by atoms with van der Waals surface area (Å²) in [6.07, 6.45) is 7.11. The van der Waals surface area contributed by atoms with Crippen molar-refractivity contribution in [2.24, 2.45) is 4.40 Å². The quantitative estimate of drug-likeness (QED) is 0.609. The highest BCUT2D eigenvalue weighted by atomic mass is 32.2. The van der Waals surface area contributed by atoms with Gasteiger partial charge in [-0.2, -0.15) is 8.42 Å². The molecule has 0 saturated carbocycles. The maximum Gasteiger partial charge on any atom is 0.283 e. The Labute approximate surface area is 151 Å². The normalized spacial score (nSPS) is 20.7. The van der Waals surface area contributed by atoms with E-state index in [0.29, 0.717) is 6.54 Å². The maximum atomic E-state index is 12.8. The van der Waals surface area contributed by atoms with Crippen LogP contribution in [-0.2, 0) is 10.0 Å². The van der Waals surface area contributed by atoms with Crippen molar-refractivity contribution in [2.75, 3.05) is 32.7 Å². The lowest BCUT2D eigenvalue weighted by Crippen LogP contribution is -2.44. The van der Waals surface area contributed by atoms with Crippen molar-refractivity contribution < 1.29 is 8.42 Å². The van der Waals surface area contributed by atoms with Crippen LogP contribution in [0.1, 0.15) is 44.1 Å². The van der Waals surface area contributed by atoms with Crippen LogP contribution in [0.4, 0.5) is 0 Å². The van der Waals surface area contributed by atoms with Gasteiger partial charge in [-0.15, -0.1) is 4.40 Å². The molecule has 0 N–H and O–H groups in total. The van der Waals surface area contributed by atoms with Crippen LogP contribution in [0.15, 0.2) is 33.6 Å². The van der Waals surface area contributed by atoms with Crippen molar-refractivity contribution in [3.63, 3.8) is 0 Å². The van der Waals surface area contributed by atoms with E-state index in [2.05, 4.69) is 14.2 Å². The molecule has 2 heterocycles. The first-order chi connectivity index (χ1) is 12.0. The highest BCUT2D eigenvalue weighted by Crippen LogP contribution is 2.17. The largest absolute Gasteiger partial charge is 0.358 e. The molecule has 0 atom stereocenters. The molecule has 0 bridgehead atoms. The van der Waals surface area contributed by atoms with E-state index in [-0.39, 0.29) is 4.90 Å². The molecule has 2 saturated heterocycles. The summed E-state index contributed by atoms with van der Waals surface area (Å²) in [5.74, 6) is 0.724. The first-order valence-electron chi connectivity index (χ1n) is 9.42. The Morgan fingerprint density at radius 2 is 1.48 bits per heavy atom. The summed E-state index contributed by atoms with van der Waals surface area (Å²) in [4.78, 5) is 4.82. The number of sulfonamides is 1. The summed E-state index contributed by atoms with van der Waals surface area (Å²) in [6, 6.07) is 6.97. The highest BCUT2D eigenvalue weighted by Gasteiger charge is 2.23. The van der Waals surface area contributed by atoms with Gasteiger partial charge < -0.3 is 4.90 Å². The van der Waals surface area contributed by atoms with E-state index in [1.165, 1.54) is 25.7 Å². The van der Waals surface area contributed by atoms with E-state index in [4.69, 9.17) is 0 Å². The molecule has 0 aromatic heterocycles. The number of benzene rings is 1. The lowest BCUT2D eigenvalue weighted by Gasteiger charge is -2.34. The monoisotopic (exact) mass is 363 g/mol. The number of likely N-dealkylation sites (tertiary alicyclic amines) is 2. The first-order valence-corrected chi connectivity index (χ1v) is 10.9. The predicted molar refractivity (Wildman–Crippen MR) is 102 cm³/mol. The second-order valence-electron chi connectivity index (χ2n) is 7.18. The van der Waals surface area contributed by atoms with Gasteiger partial charge in [0.1, 0.15) is 5.84 Å². The molecule has 5 nitrogen and oxygen atoms in total. The lowest BCUT2D eigenvalue weighted by molar-refractivity contribution is 0.243. The van der Waals surface area contributed by atoms with Crippen LogP contribution in [0.3, 0.4) is 0 Å².